The molecule has 0 saturated carbocycles. The zero-order valence-corrected chi connectivity index (χ0v) is 8.95. The molecule has 1 rings (SSSR count). The van der Waals surface area contributed by atoms with Crippen molar-refractivity contribution in [3.8, 4) is 0 Å². The Morgan fingerprint density at radius 2 is 2.00 bits per heavy atom. The van der Waals surface area contributed by atoms with E-state index in [2.05, 4.69) is 10.2 Å². The third kappa shape index (κ3) is 3.16. The van der Waals surface area contributed by atoms with Gasteiger partial charge in [-0.1, -0.05) is 0 Å². The molecule has 0 radical (unpaired) electrons. The number of carbonyl (C=O) groups excluding carboxylic acids is 1. The highest BCUT2D eigenvalue weighted by molar-refractivity contribution is 5.67. The lowest BCUT2D eigenvalue weighted by Crippen LogP contribution is -2.50. The Morgan fingerprint density at radius 1 is 1.36 bits per heavy atom. The highest BCUT2D eigenvalue weighted by Gasteiger charge is 2.20. The monoisotopic (exact) mass is 201 g/mol. The van der Waals surface area contributed by atoms with Crippen molar-refractivity contribution < 1.29 is 9.53 Å². The van der Waals surface area contributed by atoms with Crippen LogP contribution in [0.1, 0.15) is 6.92 Å². The van der Waals surface area contributed by atoms with Gasteiger partial charge in [0.1, 0.15) is 0 Å². The predicted molar refractivity (Wildman–Crippen MR) is 54.1 cm³/mol. The van der Waals surface area contributed by atoms with Crippen molar-refractivity contribution in [1.29, 1.82) is 0 Å². The van der Waals surface area contributed by atoms with Crippen LogP contribution in [-0.2, 0) is 4.74 Å². The molecule has 82 valence electrons. The maximum Gasteiger partial charge on any atom is 0.409 e. The molecule has 5 nitrogen and oxygen atoms in total. The number of amides is 1. The lowest BCUT2D eigenvalue weighted by Gasteiger charge is -2.33. The fourth-order valence-electron chi connectivity index (χ4n) is 1.53. The van der Waals surface area contributed by atoms with Crippen molar-refractivity contribution in [2.45, 2.75) is 6.92 Å². The second-order valence-corrected chi connectivity index (χ2v) is 3.32. The second-order valence-electron chi connectivity index (χ2n) is 3.32. The molecule has 0 aromatic carbocycles. The predicted octanol–water partition coefficient (Wildman–Crippen LogP) is -0.0626. The van der Waals surface area contributed by atoms with Crippen molar-refractivity contribution in [3.05, 3.63) is 0 Å². The third-order valence-corrected chi connectivity index (χ3v) is 2.28. The highest BCUT2D eigenvalue weighted by atomic mass is 16.6. The van der Waals surface area contributed by atoms with E-state index in [0.29, 0.717) is 6.61 Å². The van der Waals surface area contributed by atoms with Crippen LogP contribution >= 0.6 is 0 Å². The molecule has 0 atom stereocenters. The Balaban J connectivity index is 2.24. The van der Waals surface area contributed by atoms with Crippen molar-refractivity contribution in [2.24, 2.45) is 0 Å². The zero-order valence-electron chi connectivity index (χ0n) is 8.95. The number of rotatable bonds is 3. The lowest BCUT2D eigenvalue weighted by molar-refractivity contribution is 0.0782. The first-order chi connectivity index (χ1) is 6.77. The topological polar surface area (TPSA) is 44.8 Å². The minimum atomic E-state index is -0.184. The minimum Gasteiger partial charge on any atom is -0.450 e. The molecule has 0 aromatic rings. The minimum absolute atomic E-state index is 0.184. The summed E-state index contributed by atoms with van der Waals surface area (Å²) in [4.78, 5) is 15.4. The van der Waals surface area contributed by atoms with Crippen LogP contribution in [0.2, 0.25) is 0 Å². The molecule has 0 aliphatic carbocycles. The third-order valence-electron chi connectivity index (χ3n) is 2.28. The fraction of sp³-hybridized carbons (Fsp3) is 0.889. The van der Waals surface area contributed by atoms with Crippen LogP contribution in [0.15, 0.2) is 0 Å². The molecular formula is C9H19N3O2. The van der Waals surface area contributed by atoms with Gasteiger partial charge in [0.2, 0.25) is 0 Å². The first-order valence-corrected chi connectivity index (χ1v) is 5.06. The Morgan fingerprint density at radius 3 is 2.50 bits per heavy atom. The molecule has 1 N–H and O–H groups in total. The summed E-state index contributed by atoms with van der Waals surface area (Å²) in [5.74, 6) is 0. The second kappa shape index (κ2) is 5.82. The molecule has 1 fully saturated rings. The summed E-state index contributed by atoms with van der Waals surface area (Å²) in [5.41, 5.74) is 0. The Kier molecular flexibility index (Phi) is 4.69. The molecular weight excluding hydrogens is 182 g/mol. The first-order valence-electron chi connectivity index (χ1n) is 5.06. The van der Waals surface area contributed by atoms with E-state index in [1.807, 2.05) is 14.0 Å². The van der Waals surface area contributed by atoms with E-state index in [1.165, 1.54) is 0 Å². The summed E-state index contributed by atoms with van der Waals surface area (Å²) in [6.07, 6.45) is -0.184. The van der Waals surface area contributed by atoms with E-state index in [9.17, 15) is 4.79 Å². The van der Waals surface area contributed by atoms with Gasteiger partial charge in [-0.05, 0) is 14.0 Å². The quantitative estimate of drug-likeness (QED) is 0.694. The molecule has 5 heteroatoms. The van der Waals surface area contributed by atoms with E-state index >= 15 is 0 Å². The number of nitrogens with one attached hydrogen (secondary N) is 1. The van der Waals surface area contributed by atoms with Gasteiger partial charge >= 0.3 is 6.09 Å². The zero-order chi connectivity index (χ0) is 10.4. The Labute approximate surface area is 85.0 Å². The van der Waals surface area contributed by atoms with Gasteiger partial charge in [0.15, 0.2) is 0 Å². The number of ether oxygens (including phenoxy) is 1. The normalized spacial score (nSPS) is 18.3. The van der Waals surface area contributed by atoms with Gasteiger partial charge in [0, 0.05) is 32.8 Å². The van der Waals surface area contributed by atoms with Gasteiger partial charge in [-0.25, -0.2) is 4.79 Å². The Bertz CT molecular complexity index is 179. The van der Waals surface area contributed by atoms with E-state index in [4.69, 9.17) is 4.74 Å². The SMILES string of the molecule is CCOC(=O)N1CCN(CNC)CC1. The van der Waals surface area contributed by atoms with Crippen LogP contribution in [0.25, 0.3) is 0 Å². The van der Waals surface area contributed by atoms with Crippen molar-refractivity contribution >= 4 is 6.09 Å². The first kappa shape index (κ1) is 11.3. The van der Waals surface area contributed by atoms with E-state index in [-0.39, 0.29) is 6.09 Å². The summed E-state index contributed by atoms with van der Waals surface area (Å²) in [5, 5.41) is 3.10. The van der Waals surface area contributed by atoms with Gasteiger partial charge < -0.3 is 15.0 Å². The largest absolute Gasteiger partial charge is 0.450 e. The van der Waals surface area contributed by atoms with Crippen molar-refractivity contribution in [1.82, 2.24) is 15.1 Å². The van der Waals surface area contributed by atoms with E-state index in [1.54, 1.807) is 4.90 Å². The van der Waals surface area contributed by atoms with Crippen LogP contribution in [0.5, 0.6) is 0 Å². The molecule has 14 heavy (non-hydrogen) atoms. The van der Waals surface area contributed by atoms with Crippen molar-refractivity contribution in [2.75, 3.05) is 46.5 Å². The molecule has 1 aliphatic heterocycles. The van der Waals surface area contributed by atoms with Crippen LogP contribution < -0.4 is 5.32 Å². The number of hydrogen-bond donors (Lipinski definition) is 1. The summed E-state index contributed by atoms with van der Waals surface area (Å²) in [6, 6.07) is 0. The number of nitrogens with zero attached hydrogens (tertiary/aromatic N) is 2. The van der Waals surface area contributed by atoms with Crippen LogP contribution in [0.3, 0.4) is 0 Å². The van der Waals surface area contributed by atoms with Crippen LogP contribution in [0, 0.1) is 0 Å². The van der Waals surface area contributed by atoms with Gasteiger partial charge in [-0.2, -0.15) is 0 Å². The summed E-state index contributed by atoms with van der Waals surface area (Å²) in [7, 11) is 1.93. The number of piperazine rings is 1. The standard InChI is InChI=1S/C9H19N3O2/c1-3-14-9(13)12-6-4-11(5-7-12)8-10-2/h10H,3-8H2,1-2H3. The number of carbonyl (C=O) groups is 1. The van der Waals surface area contributed by atoms with Gasteiger partial charge in [-0.3, -0.25) is 4.90 Å². The molecule has 1 aliphatic rings. The summed E-state index contributed by atoms with van der Waals surface area (Å²) >= 11 is 0. The summed E-state index contributed by atoms with van der Waals surface area (Å²) < 4.78 is 4.93. The lowest BCUT2D eigenvalue weighted by atomic mass is 10.3. The average Bonchev–Trinajstić information content (AvgIpc) is 2.20. The average molecular weight is 201 g/mol. The van der Waals surface area contributed by atoms with E-state index in [0.717, 1.165) is 32.8 Å². The molecule has 1 saturated heterocycles. The smallest absolute Gasteiger partial charge is 0.409 e. The summed E-state index contributed by atoms with van der Waals surface area (Å²) in [6.45, 7) is 6.53. The molecule has 0 aromatic heterocycles. The van der Waals surface area contributed by atoms with Crippen molar-refractivity contribution in [3.63, 3.8) is 0 Å². The molecule has 1 amide bonds. The maximum absolute atomic E-state index is 11.3. The Hall–Kier alpha value is -0.810. The molecule has 0 bridgehead atoms. The van der Waals surface area contributed by atoms with Crippen LogP contribution in [0.4, 0.5) is 4.79 Å². The molecule has 1 heterocycles. The van der Waals surface area contributed by atoms with Gasteiger partial charge in [-0.15, -0.1) is 0 Å². The van der Waals surface area contributed by atoms with Crippen LogP contribution in [-0.4, -0.2) is 62.4 Å². The van der Waals surface area contributed by atoms with E-state index < -0.39 is 0 Å². The van der Waals surface area contributed by atoms with Gasteiger partial charge in [0.25, 0.3) is 0 Å². The van der Waals surface area contributed by atoms with Gasteiger partial charge in [0.05, 0.1) is 6.61 Å². The fourth-order valence-corrected chi connectivity index (χ4v) is 1.53. The maximum atomic E-state index is 11.3. The molecule has 0 spiro atoms. The number of hydrogen-bond acceptors (Lipinski definition) is 4. The highest BCUT2D eigenvalue weighted by Crippen LogP contribution is 2.02. The molecule has 0 unspecified atom stereocenters.